The van der Waals surface area contributed by atoms with Gasteiger partial charge in [0.05, 0.1) is 4.92 Å². The van der Waals surface area contributed by atoms with Crippen molar-refractivity contribution in [3.05, 3.63) is 34.4 Å². The summed E-state index contributed by atoms with van der Waals surface area (Å²) >= 11 is 0. The first-order chi connectivity index (χ1) is 15.0. The molecular formula is C19H21NO12. The predicted octanol–water partition coefficient (Wildman–Crippen LogP) is 0.667. The van der Waals surface area contributed by atoms with Gasteiger partial charge >= 0.3 is 23.9 Å². The zero-order valence-corrected chi connectivity index (χ0v) is 17.5. The third-order valence-electron chi connectivity index (χ3n) is 4.13. The van der Waals surface area contributed by atoms with Crippen LogP contribution >= 0.6 is 0 Å². The fraction of sp³-hybridized carbons (Fsp3) is 0.474. The van der Waals surface area contributed by atoms with Gasteiger partial charge in [-0.15, -0.1) is 0 Å². The molecule has 1 aromatic carbocycles. The summed E-state index contributed by atoms with van der Waals surface area (Å²) in [5, 5.41) is 10.8. The Kier molecular flexibility index (Phi) is 8.21. The third kappa shape index (κ3) is 6.21. The number of benzene rings is 1. The number of nitrogens with zero attached hydrogens (tertiary/aromatic N) is 1. The van der Waals surface area contributed by atoms with Crippen LogP contribution in [-0.4, -0.2) is 66.6 Å². The Morgan fingerprint density at radius 1 is 0.875 bits per heavy atom. The molecule has 1 aliphatic rings. The van der Waals surface area contributed by atoms with Gasteiger partial charge in [0.2, 0.25) is 0 Å². The van der Waals surface area contributed by atoms with Crippen LogP contribution in [0.2, 0.25) is 0 Å². The van der Waals surface area contributed by atoms with Crippen LogP contribution in [0.15, 0.2) is 24.3 Å². The van der Waals surface area contributed by atoms with Crippen LogP contribution in [0, 0.1) is 10.1 Å². The highest BCUT2D eigenvalue weighted by molar-refractivity contribution is 5.79. The largest absolute Gasteiger partial charge is 0.455 e. The lowest BCUT2D eigenvalue weighted by Crippen LogP contribution is -2.64. The molecule has 1 aromatic rings. The van der Waals surface area contributed by atoms with E-state index in [1.165, 1.54) is 19.2 Å². The van der Waals surface area contributed by atoms with Gasteiger partial charge in [-0.25, -0.2) is 4.79 Å². The van der Waals surface area contributed by atoms with Crippen molar-refractivity contribution in [1.82, 2.24) is 0 Å². The Labute approximate surface area is 181 Å². The first-order valence-electron chi connectivity index (χ1n) is 9.19. The first kappa shape index (κ1) is 24.7. The predicted molar refractivity (Wildman–Crippen MR) is 101 cm³/mol. The minimum atomic E-state index is -1.66. The van der Waals surface area contributed by atoms with Crippen LogP contribution in [0.1, 0.15) is 20.8 Å². The van der Waals surface area contributed by atoms with E-state index in [2.05, 4.69) is 0 Å². The highest BCUT2D eigenvalue weighted by atomic mass is 16.7. The fourth-order valence-corrected chi connectivity index (χ4v) is 2.96. The molecule has 13 nitrogen and oxygen atoms in total. The average Bonchev–Trinajstić information content (AvgIpc) is 2.69. The molecule has 0 radical (unpaired) electrons. The number of nitro groups is 1. The Balaban J connectivity index is 2.37. The lowest BCUT2D eigenvalue weighted by Gasteiger charge is -2.42. The monoisotopic (exact) mass is 455 g/mol. The summed E-state index contributed by atoms with van der Waals surface area (Å²) in [7, 11) is 1.19. The number of nitro benzene ring substituents is 1. The topological polar surface area (TPSA) is 167 Å². The standard InChI is InChI=1S/C19H21NO12/c1-9(21)28-14-15(29-10(2)22)17(30-11(3)23)19(27-4)32-16(14)18(24)31-13-7-5-12(6-8-13)20(25)26/h5-8,14-17,19H,1-4H3/t14-,15-,16-,17+,19+/m0/s1. The number of ether oxygens (including phenoxy) is 6. The van der Waals surface area contributed by atoms with Gasteiger partial charge in [0, 0.05) is 40.0 Å². The molecule has 0 saturated carbocycles. The van der Waals surface area contributed by atoms with E-state index >= 15 is 0 Å². The Morgan fingerprint density at radius 2 is 1.38 bits per heavy atom. The van der Waals surface area contributed by atoms with E-state index < -0.39 is 59.5 Å². The summed E-state index contributed by atoms with van der Waals surface area (Å²) in [6.07, 6.45) is -7.43. The zero-order chi connectivity index (χ0) is 24.0. The van der Waals surface area contributed by atoms with Crippen LogP contribution in [0.3, 0.4) is 0 Å². The molecule has 0 N–H and O–H groups in total. The molecule has 2 rings (SSSR count). The molecule has 0 amide bonds. The van der Waals surface area contributed by atoms with Crippen molar-refractivity contribution in [3.63, 3.8) is 0 Å². The molecule has 0 aromatic heterocycles. The maximum atomic E-state index is 12.8. The maximum Gasteiger partial charge on any atom is 0.344 e. The highest BCUT2D eigenvalue weighted by Crippen LogP contribution is 2.30. The van der Waals surface area contributed by atoms with E-state index in [4.69, 9.17) is 28.4 Å². The van der Waals surface area contributed by atoms with E-state index in [9.17, 15) is 29.3 Å². The lowest BCUT2D eigenvalue weighted by atomic mass is 9.97. The van der Waals surface area contributed by atoms with E-state index in [0.717, 1.165) is 32.9 Å². The Hall–Kier alpha value is -3.58. The smallest absolute Gasteiger partial charge is 0.344 e. The quantitative estimate of drug-likeness (QED) is 0.186. The SMILES string of the molecule is CO[C@@H]1O[C@H](C(=O)Oc2ccc([N+](=O)[O-])cc2)[C@@H](OC(C)=O)[C@H](OC(C)=O)[C@H]1OC(C)=O. The molecule has 0 bridgehead atoms. The molecule has 13 heteroatoms. The second-order valence-corrected chi connectivity index (χ2v) is 6.56. The summed E-state index contributed by atoms with van der Waals surface area (Å²) in [5.41, 5.74) is -0.227. The maximum absolute atomic E-state index is 12.8. The van der Waals surface area contributed by atoms with Gasteiger partial charge in [0.1, 0.15) is 5.75 Å². The van der Waals surface area contributed by atoms with Crippen LogP contribution in [0.5, 0.6) is 5.75 Å². The Morgan fingerprint density at radius 3 is 1.84 bits per heavy atom. The molecule has 32 heavy (non-hydrogen) atoms. The first-order valence-corrected chi connectivity index (χ1v) is 9.19. The summed E-state index contributed by atoms with van der Waals surface area (Å²) in [5.74, 6) is -3.58. The normalized spacial score (nSPS) is 24.7. The number of non-ortho nitro benzene ring substituents is 1. The number of hydrogen-bond acceptors (Lipinski definition) is 12. The molecule has 0 spiro atoms. The fourth-order valence-electron chi connectivity index (χ4n) is 2.96. The second kappa shape index (κ2) is 10.6. The summed E-state index contributed by atoms with van der Waals surface area (Å²) in [4.78, 5) is 57.8. The van der Waals surface area contributed by atoms with Gasteiger partial charge in [-0.2, -0.15) is 0 Å². The minimum absolute atomic E-state index is 0.0640. The van der Waals surface area contributed by atoms with Crippen molar-refractivity contribution < 1.29 is 52.5 Å². The molecular weight excluding hydrogens is 434 g/mol. The van der Waals surface area contributed by atoms with Gasteiger partial charge in [-0.1, -0.05) is 0 Å². The molecule has 1 aliphatic heterocycles. The number of methoxy groups -OCH3 is 1. The third-order valence-corrected chi connectivity index (χ3v) is 4.13. The molecule has 0 unspecified atom stereocenters. The summed E-state index contributed by atoms with van der Waals surface area (Å²) in [6.45, 7) is 3.21. The van der Waals surface area contributed by atoms with Crippen molar-refractivity contribution in [1.29, 1.82) is 0 Å². The Bertz CT molecular complexity index is 883. The van der Waals surface area contributed by atoms with Crippen molar-refractivity contribution in [2.45, 2.75) is 51.5 Å². The second-order valence-electron chi connectivity index (χ2n) is 6.56. The van der Waals surface area contributed by atoms with E-state index in [1.54, 1.807) is 0 Å². The van der Waals surface area contributed by atoms with Crippen molar-refractivity contribution in [3.8, 4) is 5.75 Å². The molecule has 1 saturated heterocycles. The number of rotatable bonds is 7. The van der Waals surface area contributed by atoms with Crippen molar-refractivity contribution >= 4 is 29.6 Å². The molecule has 174 valence electrons. The van der Waals surface area contributed by atoms with Gasteiger partial charge < -0.3 is 28.4 Å². The van der Waals surface area contributed by atoms with Gasteiger partial charge in [-0.05, 0) is 12.1 Å². The van der Waals surface area contributed by atoms with E-state index in [0.29, 0.717) is 0 Å². The highest BCUT2D eigenvalue weighted by Gasteiger charge is 2.55. The number of carbonyl (C=O) groups excluding carboxylic acids is 4. The van der Waals surface area contributed by atoms with Gasteiger partial charge in [0.25, 0.3) is 5.69 Å². The van der Waals surface area contributed by atoms with Crippen LogP contribution in [0.25, 0.3) is 0 Å². The van der Waals surface area contributed by atoms with Crippen molar-refractivity contribution in [2.24, 2.45) is 0 Å². The van der Waals surface area contributed by atoms with Crippen LogP contribution in [-0.2, 0) is 42.9 Å². The van der Waals surface area contributed by atoms with Crippen LogP contribution in [0.4, 0.5) is 5.69 Å². The van der Waals surface area contributed by atoms with E-state index in [-0.39, 0.29) is 11.4 Å². The molecule has 0 aliphatic carbocycles. The van der Waals surface area contributed by atoms with Gasteiger partial charge in [-0.3, -0.25) is 24.5 Å². The molecule has 5 atom stereocenters. The average molecular weight is 455 g/mol. The van der Waals surface area contributed by atoms with Crippen LogP contribution < -0.4 is 4.74 Å². The van der Waals surface area contributed by atoms with E-state index in [1.807, 2.05) is 0 Å². The zero-order valence-electron chi connectivity index (χ0n) is 17.5. The molecule has 1 fully saturated rings. The minimum Gasteiger partial charge on any atom is -0.455 e. The lowest BCUT2D eigenvalue weighted by molar-refractivity contribution is -0.384. The molecule has 1 heterocycles. The summed E-state index contributed by atoms with van der Waals surface area (Å²) < 4.78 is 31.3. The summed E-state index contributed by atoms with van der Waals surface area (Å²) in [6, 6.07) is 4.59. The van der Waals surface area contributed by atoms with Gasteiger partial charge in [0.15, 0.2) is 30.7 Å². The number of carbonyl (C=O) groups is 4. The number of esters is 4. The van der Waals surface area contributed by atoms with Crippen molar-refractivity contribution in [2.75, 3.05) is 7.11 Å². The number of hydrogen-bond donors (Lipinski definition) is 0.